The van der Waals surface area contributed by atoms with Gasteiger partial charge in [-0.25, -0.2) is 9.18 Å². The number of hydrogen-bond donors (Lipinski definition) is 4. The van der Waals surface area contributed by atoms with E-state index in [1.54, 1.807) is 17.0 Å². The predicted octanol–water partition coefficient (Wildman–Crippen LogP) is 2.82. The highest BCUT2D eigenvalue weighted by Gasteiger charge is 2.43. The second-order valence-corrected chi connectivity index (χ2v) is 10.1. The number of amides is 3. The van der Waals surface area contributed by atoms with E-state index in [1.165, 1.54) is 13.2 Å². The number of nitrogens with one attached hydrogen (secondary N) is 1. The number of carbonyl (C=O) groups excluding carboxylic acids is 3. The zero-order valence-electron chi connectivity index (χ0n) is 22.6. The van der Waals surface area contributed by atoms with Gasteiger partial charge in [-0.3, -0.25) is 9.59 Å². The summed E-state index contributed by atoms with van der Waals surface area (Å²) in [5, 5.41) is 15.1. The van der Waals surface area contributed by atoms with E-state index in [0.29, 0.717) is 42.5 Å². The van der Waals surface area contributed by atoms with Crippen molar-refractivity contribution in [2.75, 3.05) is 26.7 Å². The average Bonchev–Trinajstić information content (AvgIpc) is 2.94. The number of ether oxygens (including phenoxy) is 1. The molecule has 9 nitrogen and oxygen atoms in total. The molecule has 6 N–H and O–H groups in total. The van der Waals surface area contributed by atoms with Gasteiger partial charge in [-0.1, -0.05) is 43.3 Å². The van der Waals surface area contributed by atoms with Crippen molar-refractivity contribution in [3.05, 3.63) is 59.4 Å². The van der Waals surface area contributed by atoms with Gasteiger partial charge >= 0.3 is 6.09 Å². The quantitative estimate of drug-likeness (QED) is 0.321. The second-order valence-electron chi connectivity index (χ2n) is 10.1. The summed E-state index contributed by atoms with van der Waals surface area (Å²) >= 11 is 0. The fourth-order valence-corrected chi connectivity index (χ4v) is 5.41. The first-order chi connectivity index (χ1) is 18.6. The van der Waals surface area contributed by atoms with Crippen LogP contribution in [-0.2, 0) is 26.3 Å². The van der Waals surface area contributed by atoms with Gasteiger partial charge < -0.3 is 31.5 Å². The van der Waals surface area contributed by atoms with E-state index in [-0.39, 0.29) is 25.9 Å². The first kappa shape index (κ1) is 30.0. The molecule has 2 aromatic rings. The van der Waals surface area contributed by atoms with Crippen molar-refractivity contribution >= 4 is 17.9 Å². The molecule has 39 heavy (non-hydrogen) atoms. The fraction of sp³-hybridized carbons (Fsp3) is 0.483. The second kappa shape index (κ2) is 13.5. The lowest BCUT2D eigenvalue weighted by molar-refractivity contribution is -0.139. The van der Waals surface area contributed by atoms with Crippen molar-refractivity contribution in [1.82, 2.24) is 10.2 Å². The van der Waals surface area contributed by atoms with Crippen molar-refractivity contribution in [3.8, 4) is 11.1 Å². The van der Waals surface area contributed by atoms with Crippen LogP contribution in [0, 0.1) is 11.7 Å². The van der Waals surface area contributed by atoms with Crippen LogP contribution in [0.1, 0.15) is 50.2 Å². The molecule has 1 aliphatic rings. The van der Waals surface area contributed by atoms with Crippen LogP contribution in [0.25, 0.3) is 11.1 Å². The molecule has 0 unspecified atom stereocenters. The lowest BCUT2D eigenvalue weighted by Gasteiger charge is -2.44. The molecule has 3 amide bonds. The van der Waals surface area contributed by atoms with Gasteiger partial charge in [0, 0.05) is 31.1 Å². The average molecular weight is 543 g/mol. The summed E-state index contributed by atoms with van der Waals surface area (Å²) in [7, 11) is 1.27. The normalized spacial score (nSPS) is 17.7. The van der Waals surface area contributed by atoms with Crippen molar-refractivity contribution < 1.29 is 28.6 Å². The van der Waals surface area contributed by atoms with E-state index in [0.717, 1.165) is 12.0 Å². The lowest BCUT2D eigenvalue weighted by atomic mass is 9.72. The Morgan fingerprint density at radius 2 is 2.00 bits per heavy atom. The molecule has 0 radical (unpaired) electrons. The molecule has 0 aromatic heterocycles. The summed E-state index contributed by atoms with van der Waals surface area (Å²) in [6, 6.07) is 11.2. The molecular weight excluding hydrogens is 503 g/mol. The van der Waals surface area contributed by atoms with Gasteiger partial charge in [0.15, 0.2) is 0 Å². The lowest BCUT2D eigenvalue weighted by Crippen LogP contribution is -2.53. The SMILES string of the molecule is CCc1cccc(-c2c(F)cccc2[C@](O)(CCCNC(=O)OC)[C@@H]2CCCN(C(=O)[C@@H](N)CC(N)=O)C2)c1. The molecule has 0 bridgehead atoms. The topological polar surface area (TPSA) is 148 Å². The number of rotatable bonds is 11. The Hall–Kier alpha value is -3.50. The Balaban J connectivity index is 2.02. The number of likely N-dealkylation sites (tertiary alicyclic amines) is 1. The van der Waals surface area contributed by atoms with Crippen molar-refractivity contribution in [2.24, 2.45) is 17.4 Å². The maximum atomic E-state index is 15.5. The number of aryl methyl sites for hydroxylation is 1. The third-order valence-electron chi connectivity index (χ3n) is 7.44. The van der Waals surface area contributed by atoms with E-state index < -0.39 is 41.3 Å². The Morgan fingerprint density at radius 3 is 2.69 bits per heavy atom. The Morgan fingerprint density at radius 1 is 1.26 bits per heavy atom. The van der Waals surface area contributed by atoms with Crippen LogP contribution in [0.2, 0.25) is 0 Å². The Labute approximate surface area is 228 Å². The van der Waals surface area contributed by atoms with Crippen LogP contribution < -0.4 is 16.8 Å². The van der Waals surface area contributed by atoms with Gasteiger partial charge in [0.05, 0.1) is 25.2 Å². The highest BCUT2D eigenvalue weighted by molar-refractivity contribution is 5.87. The van der Waals surface area contributed by atoms with Crippen molar-refractivity contribution in [1.29, 1.82) is 0 Å². The molecule has 1 fully saturated rings. The number of carbonyl (C=O) groups is 3. The molecule has 3 atom stereocenters. The zero-order chi connectivity index (χ0) is 28.6. The summed E-state index contributed by atoms with van der Waals surface area (Å²) in [6.07, 6.45) is 1.67. The Kier molecular flexibility index (Phi) is 10.4. The third-order valence-corrected chi connectivity index (χ3v) is 7.44. The standard InChI is InChI=1S/C29H39FN4O5/c1-3-19-8-4-9-20(16-19)26-22(11-5-12-23(26)30)29(38,13-7-14-33-28(37)39-2)21-10-6-15-34(18-21)27(36)24(31)17-25(32)35/h4-5,8-9,11-12,16,21,24,38H,3,6-7,10,13-15,17-18,31H2,1-2H3,(H2,32,35)(H,33,37)/t21-,24+,29+/m1/s1. The molecule has 0 aliphatic carbocycles. The van der Waals surface area contributed by atoms with E-state index in [4.69, 9.17) is 11.5 Å². The molecular formula is C29H39FN4O5. The van der Waals surface area contributed by atoms with Crippen LogP contribution in [0.4, 0.5) is 9.18 Å². The molecule has 1 aliphatic heterocycles. The van der Waals surface area contributed by atoms with Crippen LogP contribution in [0.3, 0.4) is 0 Å². The molecule has 1 saturated heterocycles. The molecule has 3 rings (SSSR count). The number of nitrogens with zero attached hydrogens (tertiary/aromatic N) is 1. The first-order valence-electron chi connectivity index (χ1n) is 13.4. The van der Waals surface area contributed by atoms with Crippen molar-refractivity contribution in [2.45, 2.75) is 57.1 Å². The molecule has 2 aromatic carbocycles. The third kappa shape index (κ3) is 7.33. The van der Waals surface area contributed by atoms with Gasteiger partial charge in [-0.2, -0.15) is 0 Å². The summed E-state index contributed by atoms with van der Waals surface area (Å²) in [5.41, 5.74) is 12.1. The monoisotopic (exact) mass is 542 g/mol. The molecule has 0 saturated carbocycles. The fourth-order valence-electron chi connectivity index (χ4n) is 5.41. The van der Waals surface area contributed by atoms with Gasteiger partial charge in [-0.05, 0) is 54.9 Å². The van der Waals surface area contributed by atoms with E-state index >= 15 is 4.39 Å². The van der Waals surface area contributed by atoms with Crippen LogP contribution in [0.5, 0.6) is 0 Å². The van der Waals surface area contributed by atoms with Crippen molar-refractivity contribution in [3.63, 3.8) is 0 Å². The molecule has 1 heterocycles. The number of alkyl carbamates (subject to hydrolysis) is 1. The molecule has 0 spiro atoms. The number of hydrogen-bond acceptors (Lipinski definition) is 6. The van der Waals surface area contributed by atoms with E-state index in [9.17, 15) is 19.5 Å². The minimum Gasteiger partial charge on any atom is -0.453 e. The number of benzene rings is 2. The maximum absolute atomic E-state index is 15.5. The summed E-state index contributed by atoms with van der Waals surface area (Å²) < 4.78 is 20.2. The van der Waals surface area contributed by atoms with Gasteiger partial charge in [0.2, 0.25) is 11.8 Å². The highest BCUT2D eigenvalue weighted by Crippen LogP contribution is 2.44. The van der Waals surface area contributed by atoms with Crippen LogP contribution in [0.15, 0.2) is 42.5 Å². The number of primary amides is 1. The molecule has 10 heteroatoms. The van der Waals surface area contributed by atoms with E-state index in [2.05, 4.69) is 10.1 Å². The minimum atomic E-state index is -1.54. The largest absolute Gasteiger partial charge is 0.453 e. The molecule has 212 valence electrons. The smallest absolute Gasteiger partial charge is 0.406 e. The first-order valence-corrected chi connectivity index (χ1v) is 13.4. The van der Waals surface area contributed by atoms with Gasteiger partial charge in [0.1, 0.15) is 5.82 Å². The number of piperidine rings is 1. The maximum Gasteiger partial charge on any atom is 0.406 e. The number of methoxy groups -OCH3 is 1. The predicted molar refractivity (Wildman–Crippen MR) is 146 cm³/mol. The number of aliphatic hydroxyl groups is 1. The summed E-state index contributed by atoms with van der Waals surface area (Å²) in [6.45, 7) is 2.86. The van der Waals surface area contributed by atoms with E-state index in [1.807, 2.05) is 31.2 Å². The highest BCUT2D eigenvalue weighted by atomic mass is 19.1. The minimum absolute atomic E-state index is 0.178. The zero-order valence-corrected chi connectivity index (χ0v) is 22.6. The van der Waals surface area contributed by atoms with Gasteiger partial charge in [0.25, 0.3) is 0 Å². The van der Waals surface area contributed by atoms with Crippen LogP contribution >= 0.6 is 0 Å². The summed E-state index contributed by atoms with van der Waals surface area (Å²) in [4.78, 5) is 37.5. The summed E-state index contributed by atoms with van der Waals surface area (Å²) in [5.74, 6) is -2.00. The van der Waals surface area contributed by atoms with Crippen LogP contribution in [-0.4, -0.2) is 60.7 Å². The number of halogens is 1. The number of nitrogens with two attached hydrogens (primary N) is 2. The van der Waals surface area contributed by atoms with Gasteiger partial charge in [-0.15, -0.1) is 0 Å². The Bertz CT molecular complexity index is 1180.